The third-order valence-corrected chi connectivity index (χ3v) is 7.04. The average Bonchev–Trinajstić information content (AvgIpc) is 3.09. The Bertz CT molecular complexity index is 716. The third-order valence-electron chi connectivity index (χ3n) is 5.19. The molecule has 1 N–H and O–H groups in total. The summed E-state index contributed by atoms with van der Waals surface area (Å²) in [5.74, 6) is 0.590. The van der Waals surface area contributed by atoms with Crippen molar-refractivity contribution in [1.82, 2.24) is 9.62 Å². The van der Waals surface area contributed by atoms with Gasteiger partial charge in [-0.25, -0.2) is 8.42 Å². The summed E-state index contributed by atoms with van der Waals surface area (Å²) in [5, 5.41) is 3.50. The lowest BCUT2D eigenvalue weighted by Crippen LogP contribution is -2.40. The van der Waals surface area contributed by atoms with Crippen LogP contribution in [0.15, 0.2) is 29.2 Å². The van der Waals surface area contributed by atoms with Crippen LogP contribution >= 0.6 is 0 Å². The van der Waals surface area contributed by atoms with Gasteiger partial charge in [0.1, 0.15) is 0 Å². The molecule has 8 heteroatoms. The van der Waals surface area contributed by atoms with Crippen LogP contribution in [0.1, 0.15) is 32.3 Å². The van der Waals surface area contributed by atoms with Gasteiger partial charge in [0.15, 0.2) is 0 Å². The van der Waals surface area contributed by atoms with Crippen molar-refractivity contribution in [2.24, 2.45) is 11.8 Å². The molecule has 1 saturated heterocycles. The van der Waals surface area contributed by atoms with Gasteiger partial charge in [0.2, 0.25) is 10.0 Å². The van der Waals surface area contributed by atoms with Crippen LogP contribution in [0.25, 0.3) is 0 Å². The zero-order valence-electron chi connectivity index (χ0n) is 14.3. The standard InChI is InChI=1S/C17H23F3N2O2S/c1-11(2)21-16-8-3-12-9-22(10-15(12)16)25(23,24)14-6-4-13(5-7-14)17(18,19)20/h4-7,11-12,15-16,21H,3,8-10H2,1-2H3. The highest BCUT2D eigenvalue weighted by molar-refractivity contribution is 7.89. The number of nitrogens with zero attached hydrogens (tertiary/aromatic N) is 1. The largest absolute Gasteiger partial charge is 0.416 e. The van der Waals surface area contributed by atoms with Crippen LogP contribution in [-0.4, -0.2) is 37.9 Å². The molecule has 3 atom stereocenters. The van der Waals surface area contributed by atoms with Crippen LogP contribution in [0.3, 0.4) is 0 Å². The summed E-state index contributed by atoms with van der Waals surface area (Å²) in [6.07, 6.45) is -2.45. The number of sulfonamides is 1. The lowest BCUT2D eigenvalue weighted by atomic mass is 9.97. The van der Waals surface area contributed by atoms with E-state index < -0.39 is 21.8 Å². The van der Waals surface area contributed by atoms with E-state index >= 15 is 0 Å². The monoisotopic (exact) mass is 376 g/mol. The number of fused-ring (bicyclic) bond motifs is 1. The number of nitrogens with one attached hydrogen (secondary N) is 1. The van der Waals surface area contributed by atoms with Crippen molar-refractivity contribution in [2.75, 3.05) is 13.1 Å². The number of rotatable bonds is 4. The van der Waals surface area contributed by atoms with Crippen molar-refractivity contribution in [3.05, 3.63) is 29.8 Å². The number of hydrogen-bond donors (Lipinski definition) is 1. The molecular formula is C17H23F3N2O2S. The normalized spacial score (nSPS) is 27.8. The predicted octanol–water partition coefficient (Wildman–Crippen LogP) is 3.10. The first-order valence-corrected chi connectivity index (χ1v) is 9.96. The van der Waals surface area contributed by atoms with Crippen molar-refractivity contribution < 1.29 is 21.6 Å². The minimum atomic E-state index is -4.47. The van der Waals surface area contributed by atoms with Crippen molar-refractivity contribution in [3.8, 4) is 0 Å². The molecule has 2 fully saturated rings. The fourth-order valence-corrected chi connectivity index (χ4v) is 5.56. The van der Waals surface area contributed by atoms with Gasteiger partial charge in [-0.05, 0) is 48.9 Å². The fraction of sp³-hybridized carbons (Fsp3) is 0.647. The molecule has 0 aromatic heterocycles. The van der Waals surface area contributed by atoms with Gasteiger partial charge in [-0.3, -0.25) is 0 Å². The Morgan fingerprint density at radius 1 is 1.12 bits per heavy atom. The second-order valence-electron chi connectivity index (χ2n) is 7.27. The van der Waals surface area contributed by atoms with E-state index in [1.807, 2.05) is 0 Å². The first-order valence-electron chi connectivity index (χ1n) is 8.52. The Balaban J connectivity index is 1.76. The van der Waals surface area contributed by atoms with Gasteiger partial charge < -0.3 is 5.32 Å². The van der Waals surface area contributed by atoms with E-state index in [1.165, 1.54) is 4.31 Å². The Labute approximate surface area is 146 Å². The molecule has 1 aliphatic heterocycles. The van der Waals surface area contributed by atoms with Gasteiger partial charge in [0, 0.05) is 25.2 Å². The first kappa shape index (κ1) is 18.7. The predicted molar refractivity (Wildman–Crippen MR) is 88.5 cm³/mol. The molecule has 2 aliphatic rings. The van der Waals surface area contributed by atoms with E-state index in [0.29, 0.717) is 31.1 Å². The van der Waals surface area contributed by atoms with E-state index in [1.54, 1.807) is 0 Å². The maximum absolute atomic E-state index is 12.8. The highest BCUT2D eigenvalue weighted by Crippen LogP contribution is 2.40. The number of benzene rings is 1. The molecule has 1 saturated carbocycles. The lowest BCUT2D eigenvalue weighted by Gasteiger charge is -2.23. The van der Waals surface area contributed by atoms with Crippen LogP contribution < -0.4 is 5.32 Å². The molecule has 1 aliphatic carbocycles. The van der Waals surface area contributed by atoms with E-state index in [2.05, 4.69) is 19.2 Å². The van der Waals surface area contributed by atoms with Crippen molar-refractivity contribution in [1.29, 1.82) is 0 Å². The molecule has 0 spiro atoms. The summed E-state index contributed by atoms with van der Waals surface area (Å²) in [7, 11) is -3.76. The maximum Gasteiger partial charge on any atom is 0.416 e. The summed E-state index contributed by atoms with van der Waals surface area (Å²) in [6.45, 7) is 5.01. The highest BCUT2D eigenvalue weighted by atomic mass is 32.2. The highest BCUT2D eigenvalue weighted by Gasteiger charge is 2.46. The van der Waals surface area contributed by atoms with Crippen molar-refractivity contribution in [2.45, 2.75) is 49.8 Å². The molecule has 3 unspecified atom stereocenters. The second-order valence-corrected chi connectivity index (χ2v) is 9.21. The summed E-state index contributed by atoms with van der Waals surface area (Å²) in [5.41, 5.74) is -0.842. The fourth-order valence-electron chi connectivity index (χ4n) is 4.02. The van der Waals surface area contributed by atoms with E-state index in [-0.39, 0.29) is 10.8 Å². The van der Waals surface area contributed by atoms with E-state index in [0.717, 1.165) is 37.1 Å². The quantitative estimate of drug-likeness (QED) is 0.879. The Morgan fingerprint density at radius 3 is 2.32 bits per heavy atom. The Kier molecular flexibility index (Phi) is 4.89. The molecule has 4 nitrogen and oxygen atoms in total. The van der Waals surface area contributed by atoms with Gasteiger partial charge in [0.05, 0.1) is 10.5 Å². The summed E-state index contributed by atoms with van der Waals surface area (Å²) < 4.78 is 64.9. The van der Waals surface area contributed by atoms with Gasteiger partial charge in [-0.15, -0.1) is 0 Å². The molecule has 25 heavy (non-hydrogen) atoms. The molecule has 140 valence electrons. The smallest absolute Gasteiger partial charge is 0.311 e. The van der Waals surface area contributed by atoms with Crippen molar-refractivity contribution >= 4 is 10.0 Å². The lowest BCUT2D eigenvalue weighted by molar-refractivity contribution is -0.137. The van der Waals surface area contributed by atoms with Crippen LogP contribution in [0.5, 0.6) is 0 Å². The molecule has 1 aromatic carbocycles. The third kappa shape index (κ3) is 3.71. The molecule has 0 radical (unpaired) electrons. The van der Waals surface area contributed by atoms with Crippen LogP contribution in [0.4, 0.5) is 13.2 Å². The summed E-state index contributed by atoms with van der Waals surface area (Å²) in [6, 6.07) is 4.40. The number of alkyl halides is 3. The summed E-state index contributed by atoms with van der Waals surface area (Å²) >= 11 is 0. The van der Waals surface area contributed by atoms with Gasteiger partial charge in [0.25, 0.3) is 0 Å². The molecule has 0 bridgehead atoms. The average molecular weight is 376 g/mol. The second kappa shape index (κ2) is 6.55. The van der Waals surface area contributed by atoms with E-state index in [9.17, 15) is 21.6 Å². The van der Waals surface area contributed by atoms with E-state index in [4.69, 9.17) is 0 Å². The molecule has 1 aromatic rings. The van der Waals surface area contributed by atoms with Crippen LogP contribution in [0.2, 0.25) is 0 Å². The van der Waals surface area contributed by atoms with Gasteiger partial charge in [-0.2, -0.15) is 17.5 Å². The SMILES string of the molecule is CC(C)NC1CCC2CN(S(=O)(=O)c3ccc(C(F)(F)F)cc3)CC21. The topological polar surface area (TPSA) is 49.4 Å². The van der Waals surface area contributed by atoms with Crippen LogP contribution in [-0.2, 0) is 16.2 Å². The molecule has 0 amide bonds. The Hall–Kier alpha value is -1.12. The summed E-state index contributed by atoms with van der Waals surface area (Å²) in [4.78, 5) is -0.0751. The molecule has 1 heterocycles. The van der Waals surface area contributed by atoms with Gasteiger partial charge in [-0.1, -0.05) is 13.8 Å². The Morgan fingerprint density at radius 2 is 1.76 bits per heavy atom. The van der Waals surface area contributed by atoms with Gasteiger partial charge >= 0.3 is 6.18 Å². The number of hydrogen-bond acceptors (Lipinski definition) is 3. The first-order chi connectivity index (χ1) is 11.6. The van der Waals surface area contributed by atoms with Crippen LogP contribution in [0, 0.1) is 11.8 Å². The minimum absolute atomic E-state index is 0.0751. The molecular weight excluding hydrogens is 353 g/mol. The minimum Gasteiger partial charge on any atom is -0.311 e. The maximum atomic E-state index is 12.8. The number of halogens is 3. The van der Waals surface area contributed by atoms with Crippen molar-refractivity contribution in [3.63, 3.8) is 0 Å². The molecule has 3 rings (SSSR count). The zero-order valence-corrected chi connectivity index (χ0v) is 15.1. The zero-order chi connectivity index (χ0) is 18.4.